The molecule has 0 N–H and O–H groups in total. The lowest BCUT2D eigenvalue weighted by atomic mass is 9.75. The van der Waals surface area contributed by atoms with Gasteiger partial charge in [-0.05, 0) is 128 Å². The first-order chi connectivity index (χ1) is 44.5. The molecule has 0 atom stereocenters. The standard InChI is InChI=1S/C56H66N24O12/c81-35-57-21-61-37(83)65-25-69-41(87)73-29-77-45(91)79-31-75-43(89)71-27-67-39(85)63-23-59(35)34-33(57)58-22-62-38(84)66(49(65)13-3-1-11-47(49,61)62)26-70-42(88)74(53(73)17-7-5-15-51(53,69)70)30-78-46(92)80(56(79)20-10-9-19-55(56,77)78)32-76-44(90)72(52(71)16-6-8-18-54(52,75)76)28-68-40(86)64(24-60(34)36(58)82)48(63)12-2-4-14-50(48,67)68/h33-34H,1-32H2. The normalized spacial score (nSPS) is 45.9. The van der Waals surface area contributed by atoms with Crippen LogP contribution in [0.1, 0.15) is 128 Å². The molecule has 36 heteroatoms. The van der Waals surface area contributed by atoms with Gasteiger partial charge in [-0.25, -0.2) is 57.5 Å². The SMILES string of the molecule is O=C1N2CN3C(=O)N4CN5C(=O)N6CN7C(=O)N8CN9C(=O)N%10CN%11C(=O)N%12CN1C1C2N2CN%13C(=O)N(CN%14C(=O)N(CN%15C(=O)N(CN%16C(=O)N(CN%17C(=O)N(CN1C2=O)C%121CCCCC%11%171)C%101CCCCC9%161)C81CCCCC7%151)C61CCCCC5%141)C41CCCCC3%131. The predicted octanol–water partition coefficient (Wildman–Crippen LogP) is 0.908. The van der Waals surface area contributed by atoms with Crippen LogP contribution < -0.4 is 0 Å². The Morgan fingerprint density at radius 2 is 0.272 bits per heavy atom. The summed E-state index contributed by atoms with van der Waals surface area (Å²) < 4.78 is 0. The van der Waals surface area contributed by atoms with Gasteiger partial charge in [-0.3, -0.25) is 118 Å². The van der Waals surface area contributed by atoms with Crippen LogP contribution in [-0.4, -0.2) is 339 Å². The van der Waals surface area contributed by atoms with Crippen molar-refractivity contribution in [3.05, 3.63) is 0 Å². The summed E-state index contributed by atoms with van der Waals surface area (Å²) in [6, 6.07) is -6.78. The molecule has 10 spiro atoms. The molecule has 0 unspecified atom stereocenters. The average Bonchev–Trinajstić information content (AvgIpc) is 1.46. The van der Waals surface area contributed by atoms with E-state index in [-0.39, 0.29) is 64.2 Å². The Bertz CT molecular complexity index is 3470. The average molecular weight is 1270 g/mol. The van der Waals surface area contributed by atoms with Gasteiger partial charge >= 0.3 is 72.4 Å². The van der Waals surface area contributed by atoms with E-state index in [0.29, 0.717) is 64.2 Å². The summed E-state index contributed by atoms with van der Waals surface area (Å²) in [6.45, 7) is -5.11. The highest BCUT2D eigenvalue weighted by molar-refractivity contribution is 5.98. The number of carbonyl (C=O) groups excluding carboxylic acids is 12. The predicted molar refractivity (Wildman–Crippen MR) is 295 cm³/mol. The number of carbonyl (C=O) groups is 12. The van der Waals surface area contributed by atoms with Gasteiger partial charge < -0.3 is 0 Å². The summed E-state index contributed by atoms with van der Waals surface area (Å²) in [5.74, 6) is 0. The highest BCUT2D eigenvalue weighted by Crippen LogP contribution is 2.71. The minimum Gasteiger partial charge on any atom is -0.282 e. The van der Waals surface area contributed by atoms with Crippen molar-refractivity contribution in [2.24, 2.45) is 0 Å². The van der Waals surface area contributed by atoms with Crippen molar-refractivity contribution >= 4 is 72.4 Å². The fourth-order valence-corrected chi connectivity index (χ4v) is 26.4. The Hall–Kier alpha value is -8.76. The van der Waals surface area contributed by atoms with E-state index in [2.05, 4.69) is 0 Å². The maximum absolute atomic E-state index is 16.9. The van der Waals surface area contributed by atoms with Crippen LogP contribution in [0.4, 0.5) is 57.5 Å². The molecular weight excluding hydrogens is 1200 g/mol. The van der Waals surface area contributed by atoms with E-state index >= 15 is 57.5 Å². The van der Waals surface area contributed by atoms with Crippen LogP contribution in [0.15, 0.2) is 0 Å². The molecule has 23 aliphatic rings. The Balaban J connectivity index is 0.793. The Labute approximate surface area is 523 Å². The van der Waals surface area contributed by atoms with Gasteiger partial charge in [0, 0.05) is 0 Å². The summed E-state index contributed by atoms with van der Waals surface area (Å²) in [6.07, 6.45) is 4.78. The van der Waals surface area contributed by atoms with Crippen LogP contribution in [0.5, 0.6) is 0 Å². The molecule has 482 valence electrons. The lowest BCUT2D eigenvalue weighted by Gasteiger charge is -2.60. The Morgan fingerprint density at radius 3 is 0.391 bits per heavy atom. The lowest BCUT2D eigenvalue weighted by molar-refractivity contribution is -0.196. The van der Waals surface area contributed by atoms with Crippen molar-refractivity contribution in [1.82, 2.24) is 118 Å². The van der Waals surface area contributed by atoms with Crippen LogP contribution >= 0.6 is 0 Å². The Morgan fingerprint density at radius 1 is 0.163 bits per heavy atom. The lowest BCUT2D eigenvalue weighted by Crippen LogP contribution is -2.79. The van der Waals surface area contributed by atoms with Crippen LogP contribution in [-0.2, 0) is 0 Å². The zero-order valence-corrected chi connectivity index (χ0v) is 50.4. The van der Waals surface area contributed by atoms with E-state index in [4.69, 9.17) is 0 Å². The van der Waals surface area contributed by atoms with Crippen molar-refractivity contribution in [2.75, 3.05) is 80.0 Å². The van der Waals surface area contributed by atoms with Gasteiger partial charge in [0.25, 0.3) is 0 Å². The van der Waals surface area contributed by atoms with Gasteiger partial charge in [-0.15, -0.1) is 0 Å². The van der Waals surface area contributed by atoms with E-state index in [1.807, 2.05) is 0 Å². The molecule has 0 aromatic rings. The molecule has 5 aliphatic carbocycles. The molecule has 23 fully saturated rings. The molecule has 18 heterocycles. The highest BCUT2D eigenvalue weighted by Gasteiger charge is 2.92. The third-order valence-corrected chi connectivity index (χ3v) is 29.2. The number of rotatable bonds is 0. The molecule has 24 amide bonds. The first-order valence-electron chi connectivity index (χ1n) is 33.5. The quantitative estimate of drug-likeness (QED) is 0.327. The number of nitrogens with zero attached hydrogens (tertiary/aromatic N) is 24. The van der Waals surface area contributed by atoms with Crippen molar-refractivity contribution in [1.29, 1.82) is 0 Å². The number of amides is 24. The van der Waals surface area contributed by atoms with Crippen molar-refractivity contribution in [3.63, 3.8) is 0 Å². The molecule has 18 aliphatic heterocycles. The van der Waals surface area contributed by atoms with E-state index in [9.17, 15) is 0 Å². The molecule has 0 aromatic heterocycles. The van der Waals surface area contributed by atoms with E-state index in [1.54, 1.807) is 98.0 Å². The molecule has 5 saturated carbocycles. The minimum atomic E-state index is -1.62. The summed E-state index contributed by atoms with van der Waals surface area (Å²) >= 11 is 0. The van der Waals surface area contributed by atoms with Gasteiger partial charge in [-0.1, -0.05) is 0 Å². The van der Waals surface area contributed by atoms with Gasteiger partial charge in [0.2, 0.25) is 0 Å². The zero-order valence-electron chi connectivity index (χ0n) is 50.4. The second kappa shape index (κ2) is 14.0. The molecule has 0 bridgehead atoms. The van der Waals surface area contributed by atoms with Crippen molar-refractivity contribution in [3.8, 4) is 0 Å². The third-order valence-electron chi connectivity index (χ3n) is 29.2. The molecule has 36 nitrogen and oxygen atoms in total. The molecule has 0 radical (unpaired) electrons. The first kappa shape index (κ1) is 49.9. The molecule has 18 saturated heterocycles. The van der Waals surface area contributed by atoms with E-state index in [0.717, 1.165) is 0 Å². The van der Waals surface area contributed by atoms with Crippen LogP contribution in [0.2, 0.25) is 0 Å². The summed E-state index contributed by atoms with van der Waals surface area (Å²) in [5, 5.41) is 0. The monoisotopic (exact) mass is 1270 g/mol. The number of hydrogen-bond acceptors (Lipinski definition) is 12. The topological polar surface area (TPSA) is 283 Å². The van der Waals surface area contributed by atoms with Crippen LogP contribution in [0.25, 0.3) is 0 Å². The zero-order chi connectivity index (χ0) is 61.6. The number of urea groups is 12. The fraction of sp³-hybridized carbons (Fsp3) is 0.786. The minimum absolute atomic E-state index is 0.195. The first-order valence-corrected chi connectivity index (χ1v) is 33.5. The molecule has 0 aromatic carbocycles. The highest BCUT2D eigenvalue weighted by atomic mass is 16.3. The smallest absolute Gasteiger partial charge is 0.282 e. The van der Waals surface area contributed by atoms with Crippen molar-refractivity contribution in [2.45, 2.75) is 197 Å². The van der Waals surface area contributed by atoms with Gasteiger partial charge in [0.1, 0.15) is 80.0 Å². The third kappa shape index (κ3) is 3.92. The van der Waals surface area contributed by atoms with Crippen molar-refractivity contribution < 1.29 is 57.5 Å². The Kier molecular flexibility index (Phi) is 7.56. The second-order valence-corrected chi connectivity index (χ2v) is 30.6. The number of hydrogen-bond donors (Lipinski definition) is 0. The van der Waals surface area contributed by atoms with Gasteiger partial charge in [0.05, 0.1) is 0 Å². The van der Waals surface area contributed by atoms with Gasteiger partial charge in [-0.2, -0.15) is 0 Å². The maximum Gasteiger partial charge on any atom is 0.326 e. The van der Waals surface area contributed by atoms with E-state index in [1.165, 1.54) is 19.6 Å². The molecular formula is C56H66N24O12. The summed E-state index contributed by atoms with van der Waals surface area (Å²) in [5.41, 5.74) is -16.2. The van der Waals surface area contributed by atoms with E-state index < -0.39 is 221 Å². The summed E-state index contributed by atoms with van der Waals surface area (Å²) in [4.78, 5) is 238. The van der Waals surface area contributed by atoms with Crippen LogP contribution in [0.3, 0.4) is 0 Å². The largest absolute Gasteiger partial charge is 0.326 e. The molecule has 92 heavy (non-hydrogen) atoms. The molecule has 23 rings (SSSR count). The fourth-order valence-electron chi connectivity index (χ4n) is 26.4. The van der Waals surface area contributed by atoms with Crippen LogP contribution in [0, 0.1) is 0 Å². The van der Waals surface area contributed by atoms with Gasteiger partial charge in [0.15, 0.2) is 69.0 Å². The summed E-state index contributed by atoms with van der Waals surface area (Å²) in [7, 11) is 0. The maximum atomic E-state index is 16.9. The second-order valence-electron chi connectivity index (χ2n) is 30.6.